The molecule has 106 valence electrons. The maximum atomic E-state index is 5.25. The quantitative estimate of drug-likeness (QED) is 0.841. The fraction of sp³-hybridized carbons (Fsp3) is 0.412. The third-order valence-corrected chi connectivity index (χ3v) is 5.02. The van der Waals surface area contributed by atoms with Gasteiger partial charge in [-0.3, -0.25) is 0 Å². The van der Waals surface area contributed by atoms with Gasteiger partial charge < -0.3 is 10.1 Å². The lowest BCUT2D eigenvalue weighted by molar-refractivity contribution is 0.411. The summed E-state index contributed by atoms with van der Waals surface area (Å²) in [6, 6.07) is 13.7. The Labute approximate surface area is 124 Å². The van der Waals surface area contributed by atoms with Crippen LogP contribution in [0.25, 0.3) is 0 Å². The molecule has 1 unspecified atom stereocenters. The van der Waals surface area contributed by atoms with E-state index in [1.165, 1.54) is 23.3 Å². The van der Waals surface area contributed by atoms with Gasteiger partial charge in [0.25, 0.3) is 0 Å². The summed E-state index contributed by atoms with van der Waals surface area (Å²) < 4.78 is 5.25. The first-order chi connectivity index (χ1) is 9.78. The van der Waals surface area contributed by atoms with Crippen molar-refractivity contribution in [2.24, 2.45) is 5.92 Å². The second-order valence-electron chi connectivity index (χ2n) is 5.49. The number of nitrogens with one attached hydrogen (secondary N) is 1. The van der Waals surface area contributed by atoms with Crippen molar-refractivity contribution in [2.45, 2.75) is 31.8 Å². The normalized spacial score (nSPS) is 17.7. The van der Waals surface area contributed by atoms with E-state index in [2.05, 4.69) is 54.0 Å². The van der Waals surface area contributed by atoms with Crippen molar-refractivity contribution in [3.63, 3.8) is 0 Å². The van der Waals surface area contributed by atoms with Crippen LogP contribution >= 0.6 is 11.3 Å². The Morgan fingerprint density at radius 3 is 2.50 bits per heavy atom. The lowest BCUT2D eigenvalue weighted by atomic mass is 10.0. The van der Waals surface area contributed by atoms with Gasteiger partial charge in [-0.2, -0.15) is 0 Å². The van der Waals surface area contributed by atoms with Crippen molar-refractivity contribution in [2.75, 3.05) is 7.11 Å². The first-order valence-corrected chi connectivity index (χ1v) is 8.09. The minimum absolute atomic E-state index is 0.405. The average molecular weight is 287 g/mol. The number of methoxy groups -OCH3 is 1. The monoisotopic (exact) mass is 287 g/mol. The molecule has 1 aromatic heterocycles. The first-order valence-electron chi connectivity index (χ1n) is 7.21. The van der Waals surface area contributed by atoms with Gasteiger partial charge in [0.1, 0.15) is 5.75 Å². The highest BCUT2D eigenvalue weighted by Gasteiger charge is 2.33. The second kappa shape index (κ2) is 5.98. The van der Waals surface area contributed by atoms with Gasteiger partial charge in [-0.15, -0.1) is 11.3 Å². The number of rotatable bonds is 6. The Morgan fingerprint density at radius 2 is 1.95 bits per heavy atom. The van der Waals surface area contributed by atoms with E-state index < -0.39 is 0 Å². The summed E-state index contributed by atoms with van der Waals surface area (Å²) >= 11 is 1.82. The Bertz CT molecular complexity index is 531. The Balaban J connectivity index is 1.75. The Morgan fingerprint density at radius 1 is 1.20 bits per heavy atom. The van der Waals surface area contributed by atoms with Crippen LogP contribution in [-0.2, 0) is 0 Å². The summed E-state index contributed by atoms with van der Waals surface area (Å²) in [6.07, 6.45) is 2.67. The highest BCUT2D eigenvalue weighted by atomic mass is 32.1. The highest BCUT2D eigenvalue weighted by molar-refractivity contribution is 7.10. The Hall–Kier alpha value is -1.32. The summed E-state index contributed by atoms with van der Waals surface area (Å²) in [4.78, 5) is 1.41. The summed E-state index contributed by atoms with van der Waals surface area (Å²) in [5.74, 6) is 1.71. The molecular formula is C17H21NOS. The zero-order valence-electron chi connectivity index (χ0n) is 12.0. The van der Waals surface area contributed by atoms with Crippen molar-refractivity contribution in [1.82, 2.24) is 5.32 Å². The van der Waals surface area contributed by atoms with Crippen molar-refractivity contribution in [3.8, 4) is 5.75 Å². The smallest absolute Gasteiger partial charge is 0.118 e. The van der Waals surface area contributed by atoms with E-state index in [4.69, 9.17) is 4.74 Å². The standard InChI is InChI=1S/C17H21NOS/c1-12(16-4-3-11-20-16)18-17(13-5-6-13)14-7-9-15(19-2)10-8-14/h3-4,7-13,17-18H,5-6H2,1-2H3/t12-,17?/m1/s1. The lowest BCUT2D eigenvalue weighted by Crippen LogP contribution is -2.25. The molecule has 0 saturated heterocycles. The molecule has 1 aliphatic carbocycles. The van der Waals surface area contributed by atoms with Crippen LogP contribution in [0.3, 0.4) is 0 Å². The zero-order chi connectivity index (χ0) is 13.9. The SMILES string of the molecule is COc1ccc(C(N[C@H](C)c2cccs2)C2CC2)cc1. The van der Waals surface area contributed by atoms with Crippen LogP contribution in [0.4, 0.5) is 0 Å². The van der Waals surface area contributed by atoms with E-state index in [1.807, 2.05) is 11.3 Å². The number of benzene rings is 1. The molecule has 0 spiro atoms. The van der Waals surface area contributed by atoms with E-state index in [0.29, 0.717) is 12.1 Å². The van der Waals surface area contributed by atoms with E-state index in [9.17, 15) is 0 Å². The largest absolute Gasteiger partial charge is 0.497 e. The van der Waals surface area contributed by atoms with Gasteiger partial charge in [-0.1, -0.05) is 18.2 Å². The van der Waals surface area contributed by atoms with Crippen LogP contribution in [0.2, 0.25) is 0 Å². The molecule has 20 heavy (non-hydrogen) atoms. The molecule has 0 bridgehead atoms. The molecule has 3 heteroatoms. The van der Waals surface area contributed by atoms with Gasteiger partial charge >= 0.3 is 0 Å². The molecule has 1 heterocycles. The van der Waals surface area contributed by atoms with Gasteiger partial charge in [0.05, 0.1) is 7.11 Å². The fourth-order valence-corrected chi connectivity index (χ4v) is 3.38. The van der Waals surface area contributed by atoms with Crippen LogP contribution in [0, 0.1) is 5.92 Å². The summed E-state index contributed by atoms with van der Waals surface area (Å²) in [5, 5.41) is 5.95. The predicted molar refractivity (Wildman–Crippen MR) is 84.3 cm³/mol. The van der Waals surface area contributed by atoms with E-state index in [1.54, 1.807) is 7.11 Å². The summed E-state index contributed by atoms with van der Waals surface area (Å²) in [7, 11) is 1.71. The molecule has 0 radical (unpaired) electrons. The molecule has 1 aliphatic rings. The van der Waals surface area contributed by atoms with Gasteiger partial charge in [-0.25, -0.2) is 0 Å². The van der Waals surface area contributed by atoms with Gasteiger partial charge in [0.2, 0.25) is 0 Å². The zero-order valence-corrected chi connectivity index (χ0v) is 12.8. The minimum atomic E-state index is 0.405. The van der Waals surface area contributed by atoms with Crippen molar-refractivity contribution in [1.29, 1.82) is 0 Å². The molecule has 1 aromatic carbocycles. The third-order valence-electron chi connectivity index (χ3n) is 3.97. The van der Waals surface area contributed by atoms with Crippen LogP contribution in [-0.4, -0.2) is 7.11 Å². The van der Waals surface area contributed by atoms with Crippen molar-refractivity contribution < 1.29 is 4.74 Å². The van der Waals surface area contributed by atoms with Gasteiger partial charge in [0, 0.05) is 17.0 Å². The fourth-order valence-electron chi connectivity index (χ4n) is 2.63. The second-order valence-corrected chi connectivity index (χ2v) is 6.47. The third kappa shape index (κ3) is 3.05. The van der Waals surface area contributed by atoms with E-state index in [0.717, 1.165) is 11.7 Å². The number of hydrogen-bond donors (Lipinski definition) is 1. The number of thiophene rings is 1. The van der Waals surface area contributed by atoms with Crippen LogP contribution in [0.15, 0.2) is 41.8 Å². The van der Waals surface area contributed by atoms with E-state index in [-0.39, 0.29) is 0 Å². The molecular weight excluding hydrogens is 266 g/mol. The van der Waals surface area contributed by atoms with Gasteiger partial charge in [-0.05, 0) is 54.8 Å². The molecule has 2 atom stereocenters. The molecule has 1 N–H and O–H groups in total. The van der Waals surface area contributed by atoms with Crippen molar-refractivity contribution in [3.05, 3.63) is 52.2 Å². The maximum Gasteiger partial charge on any atom is 0.118 e. The topological polar surface area (TPSA) is 21.3 Å². The van der Waals surface area contributed by atoms with E-state index >= 15 is 0 Å². The molecule has 3 rings (SSSR count). The lowest BCUT2D eigenvalue weighted by Gasteiger charge is -2.23. The average Bonchev–Trinajstić information content (AvgIpc) is 3.17. The predicted octanol–water partition coefficient (Wildman–Crippen LogP) is 4.56. The van der Waals surface area contributed by atoms with Crippen LogP contribution < -0.4 is 10.1 Å². The Kier molecular flexibility index (Phi) is 4.08. The number of hydrogen-bond acceptors (Lipinski definition) is 3. The molecule has 0 amide bonds. The molecule has 2 aromatic rings. The van der Waals surface area contributed by atoms with Crippen LogP contribution in [0.5, 0.6) is 5.75 Å². The molecule has 2 nitrogen and oxygen atoms in total. The minimum Gasteiger partial charge on any atom is -0.497 e. The maximum absolute atomic E-state index is 5.25. The summed E-state index contributed by atoms with van der Waals surface area (Å²) in [6.45, 7) is 2.25. The number of ether oxygens (including phenoxy) is 1. The molecule has 1 saturated carbocycles. The first kappa shape index (κ1) is 13.7. The highest BCUT2D eigenvalue weighted by Crippen LogP contribution is 2.42. The van der Waals surface area contributed by atoms with Crippen molar-refractivity contribution >= 4 is 11.3 Å². The summed E-state index contributed by atoms with van der Waals surface area (Å²) in [5.41, 5.74) is 1.37. The molecule has 1 fully saturated rings. The molecule has 0 aliphatic heterocycles. The van der Waals surface area contributed by atoms with Crippen LogP contribution in [0.1, 0.15) is 42.3 Å². The van der Waals surface area contributed by atoms with Gasteiger partial charge in [0.15, 0.2) is 0 Å².